The predicted octanol–water partition coefficient (Wildman–Crippen LogP) is 1.72. The number of carbonyl (C=O) groups is 2. The number of nitrogens with one attached hydrogen (secondary N) is 2. The van der Waals surface area contributed by atoms with Crippen molar-refractivity contribution < 1.29 is 9.59 Å². The SMILES string of the molecule is CCNC(=O)c1ccc(NCC(=O)N(CC)CC)cc1. The van der Waals surface area contributed by atoms with Crippen LogP contribution in [-0.4, -0.2) is 42.9 Å². The van der Waals surface area contributed by atoms with Gasteiger partial charge < -0.3 is 15.5 Å². The lowest BCUT2D eigenvalue weighted by atomic mass is 10.2. The lowest BCUT2D eigenvalue weighted by molar-refractivity contribution is -0.128. The molecule has 1 rings (SSSR count). The van der Waals surface area contributed by atoms with Crippen LogP contribution in [0.1, 0.15) is 31.1 Å². The van der Waals surface area contributed by atoms with Gasteiger partial charge in [-0.25, -0.2) is 0 Å². The molecule has 0 heterocycles. The summed E-state index contributed by atoms with van der Waals surface area (Å²) in [5, 5.41) is 5.81. The molecule has 0 aliphatic heterocycles. The van der Waals surface area contributed by atoms with Crippen molar-refractivity contribution in [1.82, 2.24) is 10.2 Å². The van der Waals surface area contributed by atoms with E-state index in [2.05, 4.69) is 10.6 Å². The van der Waals surface area contributed by atoms with Crippen molar-refractivity contribution in [3.63, 3.8) is 0 Å². The summed E-state index contributed by atoms with van der Waals surface area (Å²) in [6, 6.07) is 7.10. The molecule has 0 radical (unpaired) electrons. The number of benzene rings is 1. The first kappa shape index (κ1) is 16.0. The molecular formula is C15H23N3O2. The van der Waals surface area contributed by atoms with Gasteiger partial charge in [0.15, 0.2) is 0 Å². The van der Waals surface area contributed by atoms with Crippen molar-refractivity contribution in [2.24, 2.45) is 0 Å². The second-order valence-electron chi connectivity index (χ2n) is 4.36. The van der Waals surface area contributed by atoms with E-state index in [1.807, 2.05) is 20.8 Å². The first-order valence-corrected chi connectivity index (χ1v) is 7.02. The smallest absolute Gasteiger partial charge is 0.251 e. The summed E-state index contributed by atoms with van der Waals surface area (Å²) in [5.41, 5.74) is 1.45. The average Bonchev–Trinajstić information content (AvgIpc) is 2.47. The maximum absolute atomic E-state index is 11.8. The fraction of sp³-hybridized carbons (Fsp3) is 0.467. The Morgan fingerprint density at radius 2 is 1.65 bits per heavy atom. The van der Waals surface area contributed by atoms with Crippen molar-refractivity contribution in [2.75, 3.05) is 31.5 Å². The highest BCUT2D eigenvalue weighted by Gasteiger charge is 2.09. The molecule has 0 atom stereocenters. The van der Waals surface area contributed by atoms with Crippen LogP contribution in [0, 0.1) is 0 Å². The molecule has 1 aromatic rings. The highest BCUT2D eigenvalue weighted by Crippen LogP contribution is 2.09. The lowest BCUT2D eigenvalue weighted by Gasteiger charge is -2.19. The first-order valence-electron chi connectivity index (χ1n) is 7.02. The number of likely N-dealkylation sites (N-methyl/N-ethyl adjacent to an activating group) is 1. The van der Waals surface area contributed by atoms with Crippen molar-refractivity contribution in [3.05, 3.63) is 29.8 Å². The second-order valence-corrected chi connectivity index (χ2v) is 4.36. The Labute approximate surface area is 120 Å². The van der Waals surface area contributed by atoms with E-state index in [4.69, 9.17) is 0 Å². The van der Waals surface area contributed by atoms with E-state index in [1.165, 1.54) is 0 Å². The van der Waals surface area contributed by atoms with Crippen molar-refractivity contribution in [3.8, 4) is 0 Å². The summed E-state index contributed by atoms with van der Waals surface area (Å²) in [4.78, 5) is 25.2. The molecule has 0 bridgehead atoms. The maximum Gasteiger partial charge on any atom is 0.251 e. The second kappa shape index (κ2) is 8.19. The van der Waals surface area contributed by atoms with Crippen LogP contribution in [0.5, 0.6) is 0 Å². The molecule has 0 saturated carbocycles. The van der Waals surface area contributed by atoms with Crippen LogP contribution in [0.3, 0.4) is 0 Å². The average molecular weight is 277 g/mol. The molecule has 0 aliphatic rings. The normalized spacial score (nSPS) is 9.95. The van der Waals surface area contributed by atoms with E-state index in [0.717, 1.165) is 5.69 Å². The Balaban J connectivity index is 2.53. The molecule has 2 N–H and O–H groups in total. The number of hydrogen-bond donors (Lipinski definition) is 2. The minimum absolute atomic E-state index is 0.0720. The third kappa shape index (κ3) is 4.57. The van der Waals surface area contributed by atoms with Gasteiger partial charge in [0.2, 0.25) is 5.91 Å². The van der Waals surface area contributed by atoms with E-state index >= 15 is 0 Å². The van der Waals surface area contributed by atoms with Gasteiger partial charge in [-0.1, -0.05) is 0 Å². The van der Waals surface area contributed by atoms with Crippen LogP contribution in [-0.2, 0) is 4.79 Å². The van der Waals surface area contributed by atoms with E-state index < -0.39 is 0 Å². The number of hydrogen-bond acceptors (Lipinski definition) is 3. The van der Waals surface area contributed by atoms with Crippen molar-refractivity contribution >= 4 is 17.5 Å². The lowest BCUT2D eigenvalue weighted by Crippen LogP contribution is -2.35. The van der Waals surface area contributed by atoms with Crippen LogP contribution in [0.25, 0.3) is 0 Å². The molecule has 0 unspecified atom stereocenters. The summed E-state index contributed by atoms with van der Waals surface area (Å²) >= 11 is 0. The quantitative estimate of drug-likeness (QED) is 0.797. The number of rotatable bonds is 7. The standard InChI is InChI=1S/C15H23N3O2/c1-4-16-15(20)12-7-9-13(10-8-12)17-11-14(19)18(5-2)6-3/h7-10,17H,4-6,11H2,1-3H3,(H,16,20). The Hall–Kier alpha value is -2.04. The fourth-order valence-electron chi connectivity index (χ4n) is 1.87. The molecule has 2 amide bonds. The summed E-state index contributed by atoms with van der Waals surface area (Å²) in [6.45, 7) is 8.11. The topological polar surface area (TPSA) is 61.4 Å². The van der Waals surface area contributed by atoms with Gasteiger partial charge >= 0.3 is 0 Å². The first-order chi connectivity index (χ1) is 9.62. The summed E-state index contributed by atoms with van der Waals surface area (Å²) in [7, 11) is 0. The van der Waals surface area contributed by atoms with Gasteiger partial charge in [-0.05, 0) is 45.0 Å². The van der Waals surface area contributed by atoms with Gasteiger partial charge in [-0.2, -0.15) is 0 Å². The highest BCUT2D eigenvalue weighted by molar-refractivity contribution is 5.94. The van der Waals surface area contributed by atoms with Gasteiger partial charge in [0.05, 0.1) is 6.54 Å². The molecule has 5 heteroatoms. The molecule has 20 heavy (non-hydrogen) atoms. The van der Waals surface area contributed by atoms with Gasteiger partial charge in [0, 0.05) is 30.9 Å². The molecule has 0 spiro atoms. The van der Waals surface area contributed by atoms with E-state index in [0.29, 0.717) is 25.2 Å². The van der Waals surface area contributed by atoms with Gasteiger partial charge in [0.1, 0.15) is 0 Å². The number of amides is 2. The Morgan fingerprint density at radius 1 is 1.05 bits per heavy atom. The Bertz CT molecular complexity index is 439. The van der Waals surface area contributed by atoms with Gasteiger partial charge in [0.25, 0.3) is 5.91 Å². The predicted molar refractivity (Wildman–Crippen MR) is 80.9 cm³/mol. The third-order valence-electron chi connectivity index (χ3n) is 3.04. The molecule has 1 aromatic carbocycles. The molecular weight excluding hydrogens is 254 g/mol. The zero-order valence-electron chi connectivity index (χ0n) is 12.4. The monoisotopic (exact) mass is 277 g/mol. The number of nitrogens with zero attached hydrogens (tertiary/aromatic N) is 1. The highest BCUT2D eigenvalue weighted by atomic mass is 16.2. The van der Waals surface area contributed by atoms with Crippen molar-refractivity contribution in [2.45, 2.75) is 20.8 Å². The van der Waals surface area contributed by atoms with Crippen LogP contribution < -0.4 is 10.6 Å². The molecule has 5 nitrogen and oxygen atoms in total. The molecule has 0 aliphatic carbocycles. The van der Waals surface area contributed by atoms with Crippen LogP contribution >= 0.6 is 0 Å². The summed E-state index contributed by atoms with van der Waals surface area (Å²) in [5.74, 6) is -0.0129. The van der Waals surface area contributed by atoms with Crippen molar-refractivity contribution in [1.29, 1.82) is 0 Å². The molecule has 110 valence electrons. The summed E-state index contributed by atoms with van der Waals surface area (Å²) in [6.07, 6.45) is 0. The van der Waals surface area contributed by atoms with Gasteiger partial charge in [-0.3, -0.25) is 9.59 Å². The summed E-state index contributed by atoms with van der Waals surface area (Å²) < 4.78 is 0. The van der Waals surface area contributed by atoms with Crippen LogP contribution in [0.4, 0.5) is 5.69 Å². The zero-order chi connectivity index (χ0) is 15.0. The molecule has 0 saturated heterocycles. The van der Waals surface area contributed by atoms with Crippen LogP contribution in [0.2, 0.25) is 0 Å². The minimum Gasteiger partial charge on any atom is -0.376 e. The Kier molecular flexibility index (Phi) is 6.56. The minimum atomic E-state index is -0.0849. The fourth-order valence-corrected chi connectivity index (χ4v) is 1.87. The zero-order valence-corrected chi connectivity index (χ0v) is 12.4. The largest absolute Gasteiger partial charge is 0.376 e. The van der Waals surface area contributed by atoms with Crippen LogP contribution in [0.15, 0.2) is 24.3 Å². The van der Waals surface area contributed by atoms with E-state index in [-0.39, 0.29) is 18.4 Å². The maximum atomic E-state index is 11.8. The number of carbonyl (C=O) groups excluding carboxylic acids is 2. The van der Waals surface area contributed by atoms with E-state index in [1.54, 1.807) is 29.2 Å². The molecule has 0 fully saturated rings. The van der Waals surface area contributed by atoms with Gasteiger partial charge in [-0.15, -0.1) is 0 Å². The Morgan fingerprint density at radius 3 is 2.15 bits per heavy atom. The number of anilines is 1. The molecule has 0 aromatic heterocycles. The van der Waals surface area contributed by atoms with E-state index in [9.17, 15) is 9.59 Å². The third-order valence-corrected chi connectivity index (χ3v) is 3.04.